The second-order valence-corrected chi connectivity index (χ2v) is 4.97. The van der Waals surface area contributed by atoms with Gasteiger partial charge in [0.1, 0.15) is 5.75 Å². The molecule has 20 heavy (non-hydrogen) atoms. The molecule has 0 aliphatic carbocycles. The van der Waals surface area contributed by atoms with Crippen molar-refractivity contribution in [3.63, 3.8) is 0 Å². The number of rotatable bonds is 3. The molecule has 5 nitrogen and oxygen atoms in total. The van der Waals surface area contributed by atoms with E-state index < -0.39 is 0 Å². The van der Waals surface area contributed by atoms with Crippen molar-refractivity contribution in [1.82, 2.24) is 10.2 Å². The van der Waals surface area contributed by atoms with Gasteiger partial charge >= 0.3 is 0 Å². The van der Waals surface area contributed by atoms with Gasteiger partial charge < -0.3 is 15.0 Å². The van der Waals surface area contributed by atoms with Crippen LogP contribution in [-0.4, -0.2) is 43.0 Å². The minimum atomic E-state index is -0.0143. The molecule has 1 N–H and O–H groups in total. The summed E-state index contributed by atoms with van der Waals surface area (Å²) in [4.78, 5) is 25.3. The molecule has 1 aliphatic rings. The molecule has 2 rings (SSSR count). The molecule has 1 saturated heterocycles. The molecule has 0 spiro atoms. The molecule has 0 aromatic heterocycles. The Morgan fingerprint density at radius 3 is 2.50 bits per heavy atom. The van der Waals surface area contributed by atoms with Crippen LogP contribution < -0.4 is 10.1 Å². The molecular weight excluding hydrogens is 256 g/mol. The van der Waals surface area contributed by atoms with Gasteiger partial charge in [-0.2, -0.15) is 0 Å². The van der Waals surface area contributed by atoms with Gasteiger partial charge in [0.05, 0.1) is 12.7 Å². The molecule has 0 unspecified atom stereocenters. The van der Waals surface area contributed by atoms with Gasteiger partial charge in [-0.15, -0.1) is 0 Å². The van der Waals surface area contributed by atoms with Crippen LogP contribution in [0.4, 0.5) is 0 Å². The summed E-state index contributed by atoms with van der Waals surface area (Å²) in [5.74, 6) is 0.574. The van der Waals surface area contributed by atoms with E-state index in [4.69, 9.17) is 4.74 Å². The molecule has 1 aliphatic heterocycles. The van der Waals surface area contributed by atoms with Crippen molar-refractivity contribution in [2.75, 3.05) is 20.2 Å². The Labute approximate surface area is 118 Å². The smallest absolute Gasteiger partial charge is 0.257 e. The van der Waals surface area contributed by atoms with Gasteiger partial charge in [0, 0.05) is 26.1 Å². The normalized spacial score (nSPS) is 15.8. The lowest BCUT2D eigenvalue weighted by Gasteiger charge is -2.32. The Morgan fingerprint density at radius 2 is 1.90 bits per heavy atom. The van der Waals surface area contributed by atoms with E-state index in [0.29, 0.717) is 24.4 Å². The van der Waals surface area contributed by atoms with E-state index in [1.54, 1.807) is 19.2 Å². The Kier molecular flexibility index (Phi) is 4.61. The first-order chi connectivity index (χ1) is 9.61. The minimum Gasteiger partial charge on any atom is -0.496 e. The lowest BCUT2D eigenvalue weighted by Crippen LogP contribution is -2.46. The second-order valence-electron chi connectivity index (χ2n) is 4.97. The molecule has 5 heteroatoms. The number of carbonyl (C=O) groups is 2. The number of hydrogen-bond donors (Lipinski definition) is 1. The molecule has 2 amide bonds. The fraction of sp³-hybridized carbons (Fsp3) is 0.467. The highest BCUT2D eigenvalue weighted by Gasteiger charge is 2.25. The highest BCUT2D eigenvalue weighted by Crippen LogP contribution is 2.21. The monoisotopic (exact) mass is 276 g/mol. The third kappa shape index (κ3) is 3.29. The maximum Gasteiger partial charge on any atom is 0.257 e. The van der Waals surface area contributed by atoms with Crippen molar-refractivity contribution in [2.24, 2.45) is 0 Å². The number of hydrogen-bond acceptors (Lipinski definition) is 3. The predicted octanol–water partition coefficient (Wildman–Crippen LogP) is 1.44. The first-order valence-corrected chi connectivity index (χ1v) is 6.81. The topological polar surface area (TPSA) is 58.6 Å². The number of amides is 2. The minimum absolute atomic E-state index is 0.0104. The van der Waals surface area contributed by atoms with Crippen LogP contribution >= 0.6 is 0 Å². The Bertz CT molecular complexity index is 494. The van der Waals surface area contributed by atoms with Crippen molar-refractivity contribution in [3.8, 4) is 5.75 Å². The van der Waals surface area contributed by atoms with Crippen LogP contribution in [-0.2, 0) is 4.79 Å². The summed E-state index contributed by atoms with van der Waals surface area (Å²) in [6.45, 7) is 2.83. The first-order valence-electron chi connectivity index (χ1n) is 6.81. The van der Waals surface area contributed by atoms with E-state index >= 15 is 0 Å². The standard InChI is InChI=1S/C15H20N2O3/c1-11(18)16-12-7-9-17(10-8-12)15(19)13-5-3-4-6-14(13)20-2/h3-6,12H,7-10H2,1-2H3,(H,16,18). The largest absolute Gasteiger partial charge is 0.496 e. The van der Waals surface area contributed by atoms with Crippen molar-refractivity contribution in [3.05, 3.63) is 29.8 Å². The average molecular weight is 276 g/mol. The van der Waals surface area contributed by atoms with Gasteiger partial charge in [-0.05, 0) is 25.0 Å². The van der Waals surface area contributed by atoms with E-state index in [2.05, 4.69) is 5.32 Å². The van der Waals surface area contributed by atoms with Gasteiger partial charge in [-0.1, -0.05) is 12.1 Å². The highest BCUT2D eigenvalue weighted by atomic mass is 16.5. The fourth-order valence-electron chi connectivity index (χ4n) is 2.51. The number of para-hydroxylation sites is 1. The number of nitrogens with one attached hydrogen (secondary N) is 1. The zero-order valence-corrected chi connectivity index (χ0v) is 11.9. The number of carbonyl (C=O) groups excluding carboxylic acids is 2. The number of piperidine rings is 1. The molecule has 1 aromatic carbocycles. The van der Waals surface area contributed by atoms with Gasteiger partial charge in [-0.25, -0.2) is 0 Å². The molecular formula is C15H20N2O3. The number of benzene rings is 1. The van der Waals surface area contributed by atoms with Crippen LogP contribution in [0.3, 0.4) is 0 Å². The molecule has 0 radical (unpaired) electrons. The molecule has 1 heterocycles. The van der Waals surface area contributed by atoms with Gasteiger partial charge in [-0.3, -0.25) is 9.59 Å². The fourth-order valence-corrected chi connectivity index (χ4v) is 2.51. The van der Waals surface area contributed by atoms with E-state index in [9.17, 15) is 9.59 Å². The van der Waals surface area contributed by atoms with Gasteiger partial charge in [0.25, 0.3) is 5.91 Å². The van der Waals surface area contributed by atoms with Crippen molar-refractivity contribution in [2.45, 2.75) is 25.8 Å². The maximum atomic E-state index is 12.5. The Balaban J connectivity index is 2.00. The molecule has 0 bridgehead atoms. The first kappa shape index (κ1) is 14.4. The summed E-state index contributed by atoms with van der Waals surface area (Å²) in [5, 5.41) is 2.90. The van der Waals surface area contributed by atoms with Crippen molar-refractivity contribution >= 4 is 11.8 Å². The summed E-state index contributed by atoms with van der Waals surface area (Å²) < 4.78 is 5.23. The summed E-state index contributed by atoms with van der Waals surface area (Å²) in [5.41, 5.74) is 0.591. The van der Waals surface area contributed by atoms with Crippen LogP contribution in [0.5, 0.6) is 5.75 Å². The molecule has 108 valence electrons. The SMILES string of the molecule is COc1ccccc1C(=O)N1CCC(NC(C)=O)CC1. The zero-order chi connectivity index (χ0) is 14.5. The van der Waals surface area contributed by atoms with Gasteiger partial charge in [0.2, 0.25) is 5.91 Å². The van der Waals surface area contributed by atoms with E-state index in [1.807, 2.05) is 17.0 Å². The molecule has 1 aromatic rings. The second kappa shape index (κ2) is 6.41. The van der Waals surface area contributed by atoms with Crippen molar-refractivity contribution < 1.29 is 14.3 Å². The van der Waals surface area contributed by atoms with E-state index in [0.717, 1.165) is 12.8 Å². The van der Waals surface area contributed by atoms with E-state index in [-0.39, 0.29) is 17.9 Å². The summed E-state index contributed by atoms with van der Waals surface area (Å²) in [7, 11) is 1.56. The van der Waals surface area contributed by atoms with Crippen LogP contribution in [0.2, 0.25) is 0 Å². The zero-order valence-electron chi connectivity index (χ0n) is 11.9. The van der Waals surface area contributed by atoms with Crippen molar-refractivity contribution in [1.29, 1.82) is 0 Å². The molecule has 0 atom stereocenters. The lowest BCUT2D eigenvalue weighted by atomic mass is 10.0. The number of nitrogens with zero attached hydrogens (tertiary/aromatic N) is 1. The number of likely N-dealkylation sites (tertiary alicyclic amines) is 1. The van der Waals surface area contributed by atoms with Crippen LogP contribution in [0.1, 0.15) is 30.1 Å². The maximum absolute atomic E-state index is 12.5. The van der Waals surface area contributed by atoms with Gasteiger partial charge in [0.15, 0.2) is 0 Å². The third-order valence-corrected chi connectivity index (χ3v) is 3.53. The number of ether oxygens (including phenoxy) is 1. The van der Waals surface area contributed by atoms with Crippen LogP contribution in [0, 0.1) is 0 Å². The molecule has 1 fully saturated rings. The van der Waals surface area contributed by atoms with Crippen LogP contribution in [0.15, 0.2) is 24.3 Å². The summed E-state index contributed by atoms with van der Waals surface area (Å²) >= 11 is 0. The molecule has 0 saturated carbocycles. The van der Waals surface area contributed by atoms with E-state index in [1.165, 1.54) is 6.92 Å². The lowest BCUT2D eigenvalue weighted by molar-refractivity contribution is -0.119. The number of methoxy groups -OCH3 is 1. The summed E-state index contributed by atoms with van der Waals surface area (Å²) in [6.07, 6.45) is 1.58. The average Bonchev–Trinajstić information content (AvgIpc) is 2.46. The third-order valence-electron chi connectivity index (χ3n) is 3.53. The summed E-state index contributed by atoms with van der Waals surface area (Å²) in [6, 6.07) is 7.42. The Hall–Kier alpha value is -2.04. The Morgan fingerprint density at radius 1 is 1.25 bits per heavy atom. The quantitative estimate of drug-likeness (QED) is 0.908. The van der Waals surface area contributed by atoms with Crippen LogP contribution in [0.25, 0.3) is 0 Å². The predicted molar refractivity (Wildman–Crippen MR) is 75.7 cm³/mol. The highest BCUT2D eigenvalue weighted by molar-refractivity contribution is 5.97.